The molecule has 1 aliphatic heterocycles. The monoisotopic (exact) mass is 493 g/mol. The lowest BCUT2D eigenvalue weighted by Gasteiger charge is -2.44. The van der Waals surface area contributed by atoms with Gasteiger partial charge in [-0.25, -0.2) is 9.18 Å². The highest BCUT2D eigenvalue weighted by molar-refractivity contribution is 5.99. The number of aliphatic carboxylic acids is 1. The van der Waals surface area contributed by atoms with E-state index in [2.05, 4.69) is 26.9 Å². The molecule has 1 aliphatic carbocycles. The molecule has 0 spiro atoms. The molecule has 0 radical (unpaired) electrons. The van der Waals surface area contributed by atoms with Gasteiger partial charge in [-0.15, -0.1) is 0 Å². The number of hydrogen-bond acceptors (Lipinski definition) is 5. The van der Waals surface area contributed by atoms with E-state index in [1.807, 2.05) is 0 Å². The molecule has 9 heteroatoms. The summed E-state index contributed by atoms with van der Waals surface area (Å²) in [6.07, 6.45) is 4.27. The zero-order valence-electron chi connectivity index (χ0n) is 20.2. The van der Waals surface area contributed by atoms with Crippen LogP contribution < -0.4 is 4.74 Å². The van der Waals surface area contributed by atoms with Crippen LogP contribution in [0.2, 0.25) is 0 Å². The fourth-order valence-electron chi connectivity index (χ4n) is 6.01. The van der Waals surface area contributed by atoms with Gasteiger partial charge in [0.1, 0.15) is 0 Å². The second-order valence-corrected chi connectivity index (χ2v) is 9.78. The number of methoxy groups -OCH3 is 2. The number of H-pyrrole nitrogens is 1. The number of benzene rings is 2. The van der Waals surface area contributed by atoms with Gasteiger partial charge in [-0.05, 0) is 61.4 Å². The Labute approximate surface area is 206 Å². The van der Waals surface area contributed by atoms with E-state index in [0.717, 1.165) is 51.6 Å². The first-order valence-electron chi connectivity index (χ1n) is 12.2. The van der Waals surface area contributed by atoms with Crippen molar-refractivity contribution < 1.29 is 28.5 Å². The van der Waals surface area contributed by atoms with Crippen molar-refractivity contribution >= 4 is 27.8 Å². The molecule has 0 atom stereocenters. The minimum Gasteiger partial charge on any atom is -0.494 e. The number of hydrogen-bond donors (Lipinski definition) is 2. The van der Waals surface area contributed by atoms with Crippen LogP contribution in [0.1, 0.15) is 48.8 Å². The van der Waals surface area contributed by atoms with Crippen molar-refractivity contribution in [1.82, 2.24) is 14.8 Å². The molecule has 2 N–H and O–H groups in total. The number of halogens is 1. The van der Waals surface area contributed by atoms with E-state index in [4.69, 9.17) is 14.2 Å². The van der Waals surface area contributed by atoms with Crippen LogP contribution in [0.15, 0.2) is 36.5 Å². The Kier molecular flexibility index (Phi) is 5.49. The lowest BCUT2D eigenvalue weighted by Crippen LogP contribution is -2.51. The summed E-state index contributed by atoms with van der Waals surface area (Å²) in [7, 11) is 2.92. The fraction of sp³-hybridized carbons (Fsp3) is 0.407. The van der Waals surface area contributed by atoms with Crippen molar-refractivity contribution in [3.8, 4) is 11.4 Å². The Morgan fingerprint density at radius 3 is 2.67 bits per heavy atom. The SMILES string of the molecule is COc1cc(-n2c(C3CCOCC3)c(C3CC(OC)(C(=O)O)C3)c3cc4[nH]ncc4cc32)ccc1F. The third-order valence-corrected chi connectivity index (χ3v) is 7.95. The molecule has 8 nitrogen and oxygen atoms in total. The van der Waals surface area contributed by atoms with Crippen LogP contribution in [0.25, 0.3) is 27.5 Å². The van der Waals surface area contributed by atoms with Gasteiger partial charge in [0.25, 0.3) is 0 Å². The summed E-state index contributed by atoms with van der Waals surface area (Å²) >= 11 is 0. The predicted molar refractivity (Wildman–Crippen MR) is 132 cm³/mol. The lowest BCUT2D eigenvalue weighted by molar-refractivity contribution is -0.175. The van der Waals surface area contributed by atoms with E-state index in [1.165, 1.54) is 20.3 Å². The maximum atomic E-state index is 14.4. The van der Waals surface area contributed by atoms with Gasteiger partial charge in [0.05, 0.1) is 24.3 Å². The van der Waals surface area contributed by atoms with Gasteiger partial charge in [0.2, 0.25) is 0 Å². The molecule has 2 aromatic carbocycles. The number of nitrogens with one attached hydrogen (secondary N) is 1. The first-order valence-corrected chi connectivity index (χ1v) is 12.2. The molecule has 1 saturated heterocycles. The minimum absolute atomic E-state index is 0.00496. The summed E-state index contributed by atoms with van der Waals surface area (Å²) < 4.78 is 33.0. The number of aromatic amines is 1. The van der Waals surface area contributed by atoms with Crippen LogP contribution in [0.5, 0.6) is 5.75 Å². The largest absolute Gasteiger partial charge is 0.494 e. The lowest BCUT2D eigenvalue weighted by atomic mass is 9.66. The normalized spacial score (nSPS) is 22.7. The van der Waals surface area contributed by atoms with Crippen molar-refractivity contribution in [3.05, 3.63) is 53.6 Å². The van der Waals surface area contributed by atoms with Gasteiger partial charge in [-0.1, -0.05) is 0 Å². The summed E-state index contributed by atoms with van der Waals surface area (Å²) in [4.78, 5) is 12.0. The molecule has 0 bridgehead atoms. The Morgan fingerprint density at radius 1 is 1.19 bits per heavy atom. The van der Waals surface area contributed by atoms with Crippen LogP contribution in [-0.2, 0) is 14.3 Å². The highest BCUT2D eigenvalue weighted by Gasteiger charge is 2.53. The van der Waals surface area contributed by atoms with Crippen molar-refractivity contribution in [1.29, 1.82) is 0 Å². The van der Waals surface area contributed by atoms with E-state index < -0.39 is 17.4 Å². The molecule has 36 heavy (non-hydrogen) atoms. The highest BCUT2D eigenvalue weighted by atomic mass is 19.1. The number of nitrogens with zero attached hydrogens (tertiary/aromatic N) is 2. The summed E-state index contributed by atoms with van der Waals surface area (Å²) in [5.41, 5.74) is 3.76. The van der Waals surface area contributed by atoms with Gasteiger partial charge in [0.15, 0.2) is 17.2 Å². The van der Waals surface area contributed by atoms with Crippen LogP contribution in [0, 0.1) is 5.82 Å². The maximum absolute atomic E-state index is 14.4. The zero-order valence-corrected chi connectivity index (χ0v) is 20.2. The number of rotatable bonds is 6. The van der Waals surface area contributed by atoms with E-state index >= 15 is 0 Å². The fourth-order valence-corrected chi connectivity index (χ4v) is 6.01. The molecular weight excluding hydrogens is 465 g/mol. The number of carboxylic acids is 1. The number of aromatic nitrogens is 3. The van der Waals surface area contributed by atoms with Crippen molar-refractivity contribution in [3.63, 3.8) is 0 Å². The summed E-state index contributed by atoms with van der Waals surface area (Å²) in [6, 6.07) is 9.10. The van der Waals surface area contributed by atoms with Crippen LogP contribution in [0.4, 0.5) is 4.39 Å². The summed E-state index contributed by atoms with van der Waals surface area (Å²) in [6.45, 7) is 1.32. The third-order valence-electron chi connectivity index (χ3n) is 7.95. The van der Waals surface area contributed by atoms with E-state index in [0.29, 0.717) is 26.1 Å². The first kappa shape index (κ1) is 23.0. The number of carboxylic acid groups (broad SMARTS) is 1. The molecule has 2 fully saturated rings. The van der Waals surface area contributed by atoms with Crippen LogP contribution >= 0.6 is 0 Å². The topological polar surface area (TPSA) is 98.6 Å². The average molecular weight is 494 g/mol. The third kappa shape index (κ3) is 3.41. The van der Waals surface area contributed by atoms with Gasteiger partial charge >= 0.3 is 5.97 Å². The second kappa shape index (κ2) is 8.60. The molecule has 1 saturated carbocycles. The zero-order chi connectivity index (χ0) is 25.0. The Bertz CT molecular complexity index is 1460. The highest BCUT2D eigenvalue weighted by Crippen LogP contribution is 2.53. The molecular formula is C27H28FN3O5. The molecule has 2 aliphatic rings. The molecule has 0 amide bonds. The van der Waals surface area contributed by atoms with Gasteiger partial charge in [-0.2, -0.15) is 5.10 Å². The first-order chi connectivity index (χ1) is 17.5. The summed E-state index contributed by atoms with van der Waals surface area (Å²) in [5.74, 6) is -0.975. The summed E-state index contributed by atoms with van der Waals surface area (Å²) in [5, 5.41) is 19.1. The Morgan fingerprint density at radius 2 is 1.97 bits per heavy atom. The van der Waals surface area contributed by atoms with Crippen LogP contribution in [-0.4, -0.2) is 58.9 Å². The molecule has 3 heterocycles. The Balaban J connectivity index is 1.64. The van der Waals surface area contributed by atoms with E-state index in [1.54, 1.807) is 18.3 Å². The molecule has 188 valence electrons. The maximum Gasteiger partial charge on any atom is 0.335 e. The number of ether oxygens (including phenoxy) is 3. The van der Waals surface area contributed by atoms with Crippen molar-refractivity contribution in [2.24, 2.45) is 0 Å². The number of carbonyl (C=O) groups is 1. The van der Waals surface area contributed by atoms with Crippen LogP contribution in [0.3, 0.4) is 0 Å². The van der Waals surface area contributed by atoms with Gasteiger partial charge in [0, 0.05) is 54.5 Å². The number of fused-ring (bicyclic) bond motifs is 2. The molecule has 6 rings (SSSR count). The predicted octanol–water partition coefficient (Wildman–Crippen LogP) is 4.90. The second-order valence-electron chi connectivity index (χ2n) is 9.78. The average Bonchev–Trinajstić information content (AvgIpc) is 3.45. The molecule has 0 unspecified atom stereocenters. The molecule has 2 aromatic heterocycles. The van der Waals surface area contributed by atoms with E-state index in [9.17, 15) is 14.3 Å². The van der Waals surface area contributed by atoms with Crippen molar-refractivity contribution in [2.45, 2.75) is 43.1 Å². The van der Waals surface area contributed by atoms with Gasteiger partial charge < -0.3 is 23.9 Å². The van der Waals surface area contributed by atoms with E-state index in [-0.39, 0.29) is 17.6 Å². The molecule has 4 aromatic rings. The minimum atomic E-state index is -1.18. The Hall–Kier alpha value is -3.43. The van der Waals surface area contributed by atoms with Crippen molar-refractivity contribution in [2.75, 3.05) is 27.4 Å². The quantitative estimate of drug-likeness (QED) is 0.397. The smallest absolute Gasteiger partial charge is 0.335 e. The standard InChI is InChI=1S/C27H28FN3O5/c1-34-23-10-18(3-4-20(23)28)31-22-9-16-14-29-30-21(16)11-19(22)24(25(31)15-5-7-36-8-6-15)17-12-27(13-17,35-2)26(32)33/h3-4,9-11,14-15,17H,5-8,12-13H2,1-2H3,(H,29,30)(H,32,33). The van der Waals surface area contributed by atoms with Gasteiger partial charge in [-0.3, -0.25) is 5.10 Å².